The number of benzene rings is 1. The first-order valence-corrected chi connectivity index (χ1v) is 6.76. The van der Waals surface area contributed by atoms with Crippen molar-refractivity contribution in [1.82, 2.24) is 20.1 Å². The topological polar surface area (TPSA) is 59.8 Å². The fourth-order valence-electron chi connectivity index (χ4n) is 1.70. The molecule has 0 aliphatic heterocycles. The zero-order valence-electron chi connectivity index (χ0n) is 10.4. The number of carbonyl (C=O) groups is 1. The highest BCUT2D eigenvalue weighted by Gasteiger charge is 2.18. The summed E-state index contributed by atoms with van der Waals surface area (Å²) >= 11 is 9.38. The Balaban J connectivity index is 2.18. The molecule has 1 atom stereocenters. The van der Waals surface area contributed by atoms with Gasteiger partial charge in [-0.05, 0) is 35.0 Å². The van der Waals surface area contributed by atoms with Crippen molar-refractivity contribution in [1.29, 1.82) is 0 Å². The van der Waals surface area contributed by atoms with Gasteiger partial charge in [0.1, 0.15) is 6.33 Å². The van der Waals surface area contributed by atoms with E-state index >= 15 is 0 Å². The van der Waals surface area contributed by atoms with Crippen molar-refractivity contribution >= 4 is 33.4 Å². The Labute approximate surface area is 124 Å². The highest BCUT2D eigenvalue weighted by atomic mass is 79.9. The summed E-state index contributed by atoms with van der Waals surface area (Å²) < 4.78 is 2.45. The fourth-order valence-corrected chi connectivity index (χ4v) is 2.28. The molecule has 100 valence electrons. The summed E-state index contributed by atoms with van der Waals surface area (Å²) in [5.41, 5.74) is 0.421. The third-order valence-corrected chi connectivity index (χ3v) is 3.97. The van der Waals surface area contributed by atoms with Crippen LogP contribution in [0.15, 0.2) is 29.0 Å². The lowest BCUT2D eigenvalue weighted by molar-refractivity contribution is 0.0938. The lowest BCUT2D eigenvalue weighted by Crippen LogP contribution is -2.28. The maximum absolute atomic E-state index is 12.2. The second-order valence-electron chi connectivity index (χ2n) is 4.10. The molecule has 0 bridgehead atoms. The fraction of sp³-hybridized carbons (Fsp3) is 0.250. The van der Waals surface area contributed by atoms with Gasteiger partial charge in [0.15, 0.2) is 5.82 Å². The Morgan fingerprint density at radius 2 is 2.26 bits per heavy atom. The zero-order chi connectivity index (χ0) is 14.0. The van der Waals surface area contributed by atoms with Crippen molar-refractivity contribution in [3.8, 4) is 0 Å². The molecule has 1 N–H and O–H groups in total. The third kappa shape index (κ3) is 2.96. The van der Waals surface area contributed by atoms with Gasteiger partial charge in [0.05, 0.1) is 16.6 Å². The van der Waals surface area contributed by atoms with Crippen molar-refractivity contribution < 1.29 is 4.79 Å². The SMILES string of the molecule is CC(NC(=O)c1cccc(Br)c1Cl)c1nncn1C. The molecule has 0 radical (unpaired) electrons. The molecule has 0 aliphatic rings. The smallest absolute Gasteiger partial charge is 0.253 e. The summed E-state index contributed by atoms with van der Waals surface area (Å²) in [7, 11) is 1.82. The van der Waals surface area contributed by atoms with Gasteiger partial charge < -0.3 is 9.88 Å². The van der Waals surface area contributed by atoms with Crippen LogP contribution in [0.2, 0.25) is 5.02 Å². The Morgan fingerprint density at radius 1 is 1.53 bits per heavy atom. The van der Waals surface area contributed by atoms with Crippen LogP contribution in [-0.2, 0) is 7.05 Å². The van der Waals surface area contributed by atoms with Crippen LogP contribution in [0.1, 0.15) is 29.1 Å². The molecule has 0 spiro atoms. The van der Waals surface area contributed by atoms with Crippen LogP contribution >= 0.6 is 27.5 Å². The van der Waals surface area contributed by atoms with E-state index in [2.05, 4.69) is 31.4 Å². The van der Waals surface area contributed by atoms with Gasteiger partial charge in [0.2, 0.25) is 0 Å². The normalized spacial score (nSPS) is 12.2. The molecule has 2 rings (SSSR count). The highest BCUT2D eigenvalue weighted by Crippen LogP contribution is 2.26. The number of nitrogens with one attached hydrogen (secondary N) is 1. The molecular weight excluding hydrogens is 332 g/mol. The van der Waals surface area contributed by atoms with Crippen LogP contribution in [0.25, 0.3) is 0 Å². The average molecular weight is 344 g/mol. The van der Waals surface area contributed by atoms with Crippen LogP contribution in [0.4, 0.5) is 0 Å². The zero-order valence-corrected chi connectivity index (χ0v) is 12.7. The number of aryl methyl sites for hydroxylation is 1. The maximum atomic E-state index is 12.2. The molecule has 1 unspecified atom stereocenters. The van der Waals surface area contributed by atoms with Crippen LogP contribution in [0.5, 0.6) is 0 Å². The lowest BCUT2D eigenvalue weighted by atomic mass is 10.2. The number of carbonyl (C=O) groups excluding carboxylic acids is 1. The van der Waals surface area contributed by atoms with Gasteiger partial charge in [-0.3, -0.25) is 4.79 Å². The molecule has 1 heterocycles. The molecule has 1 amide bonds. The standard InChI is InChI=1S/C12H12BrClN4O/c1-7(11-17-15-6-18(11)2)16-12(19)8-4-3-5-9(13)10(8)14/h3-7H,1-2H3,(H,16,19). The van der Waals surface area contributed by atoms with Crippen molar-refractivity contribution in [3.05, 3.63) is 45.4 Å². The van der Waals surface area contributed by atoms with Crippen LogP contribution in [-0.4, -0.2) is 20.7 Å². The summed E-state index contributed by atoms with van der Waals surface area (Å²) in [5, 5.41) is 11.0. The number of hydrogen-bond acceptors (Lipinski definition) is 3. The van der Waals surface area contributed by atoms with E-state index in [4.69, 9.17) is 11.6 Å². The van der Waals surface area contributed by atoms with Crippen LogP contribution in [0.3, 0.4) is 0 Å². The molecule has 1 aromatic carbocycles. The van der Waals surface area contributed by atoms with E-state index in [1.165, 1.54) is 0 Å². The Hall–Kier alpha value is -1.40. The Morgan fingerprint density at radius 3 is 2.89 bits per heavy atom. The number of rotatable bonds is 3. The second-order valence-corrected chi connectivity index (χ2v) is 5.33. The predicted molar refractivity (Wildman–Crippen MR) is 76.0 cm³/mol. The summed E-state index contributed by atoms with van der Waals surface area (Å²) in [6.07, 6.45) is 1.59. The quantitative estimate of drug-likeness (QED) is 0.932. The highest BCUT2D eigenvalue weighted by molar-refractivity contribution is 9.10. The molecule has 0 fully saturated rings. The minimum Gasteiger partial charge on any atom is -0.342 e. The minimum absolute atomic E-state index is 0.248. The molecule has 0 saturated carbocycles. The first-order chi connectivity index (χ1) is 9.00. The van der Waals surface area contributed by atoms with Gasteiger partial charge in [0, 0.05) is 11.5 Å². The van der Waals surface area contributed by atoms with Crippen molar-refractivity contribution in [2.24, 2.45) is 7.05 Å². The minimum atomic E-state index is -0.255. The Bertz CT molecular complexity index is 614. The van der Waals surface area contributed by atoms with Crippen LogP contribution < -0.4 is 5.32 Å². The largest absolute Gasteiger partial charge is 0.342 e. The van der Waals surface area contributed by atoms with Crippen molar-refractivity contribution in [2.75, 3.05) is 0 Å². The van der Waals surface area contributed by atoms with Gasteiger partial charge in [-0.1, -0.05) is 17.7 Å². The van der Waals surface area contributed by atoms with E-state index in [-0.39, 0.29) is 11.9 Å². The average Bonchev–Trinajstić information content (AvgIpc) is 2.79. The third-order valence-electron chi connectivity index (χ3n) is 2.68. The molecule has 5 nitrogen and oxygen atoms in total. The number of aromatic nitrogens is 3. The molecular formula is C12H12BrClN4O. The monoisotopic (exact) mass is 342 g/mol. The van der Waals surface area contributed by atoms with Gasteiger partial charge >= 0.3 is 0 Å². The Kier molecular flexibility index (Phi) is 4.21. The van der Waals surface area contributed by atoms with Gasteiger partial charge in [-0.25, -0.2) is 0 Å². The first-order valence-electron chi connectivity index (χ1n) is 5.59. The van der Waals surface area contributed by atoms with Crippen LogP contribution in [0, 0.1) is 0 Å². The molecule has 7 heteroatoms. The first kappa shape index (κ1) is 14.0. The molecule has 0 aliphatic carbocycles. The van der Waals surface area contributed by atoms with Crippen molar-refractivity contribution in [2.45, 2.75) is 13.0 Å². The summed E-state index contributed by atoms with van der Waals surface area (Å²) in [6, 6.07) is 4.96. The predicted octanol–water partition coefficient (Wildman–Crippen LogP) is 2.72. The number of nitrogens with zero attached hydrogens (tertiary/aromatic N) is 3. The van der Waals surface area contributed by atoms with E-state index in [1.807, 2.05) is 14.0 Å². The summed E-state index contributed by atoms with van der Waals surface area (Å²) in [4.78, 5) is 12.2. The maximum Gasteiger partial charge on any atom is 0.253 e. The molecule has 19 heavy (non-hydrogen) atoms. The molecule has 0 saturated heterocycles. The summed E-state index contributed by atoms with van der Waals surface area (Å²) in [6.45, 7) is 1.84. The molecule has 2 aromatic rings. The van der Waals surface area contributed by atoms with E-state index in [0.29, 0.717) is 20.9 Å². The van der Waals surface area contributed by atoms with Gasteiger partial charge in [-0.2, -0.15) is 0 Å². The van der Waals surface area contributed by atoms with E-state index < -0.39 is 0 Å². The lowest BCUT2D eigenvalue weighted by Gasteiger charge is -2.13. The number of halogens is 2. The van der Waals surface area contributed by atoms with Gasteiger partial charge in [-0.15, -0.1) is 10.2 Å². The van der Waals surface area contributed by atoms with E-state index in [0.717, 1.165) is 0 Å². The van der Waals surface area contributed by atoms with Crippen molar-refractivity contribution in [3.63, 3.8) is 0 Å². The number of hydrogen-bond donors (Lipinski definition) is 1. The van der Waals surface area contributed by atoms with Gasteiger partial charge in [0.25, 0.3) is 5.91 Å². The second kappa shape index (κ2) is 5.71. The number of amides is 1. The summed E-state index contributed by atoms with van der Waals surface area (Å²) in [5.74, 6) is 0.432. The van der Waals surface area contributed by atoms with E-state index in [1.54, 1.807) is 29.1 Å². The molecule has 1 aromatic heterocycles. The van der Waals surface area contributed by atoms with E-state index in [9.17, 15) is 4.79 Å².